The number of rotatable bonds is 3. The third-order valence-electron chi connectivity index (χ3n) is 4.52. The van der Waals surface area contributed by atoms with E-state index in [0.717, 1.165) is 19.3 Å². The fourth-order valence-electron chi connectivity index (χ4n) is 3.19. The zero-order valence-electron chi connectivity index (χ0n) is 13.4. The van der Waals surface area contributed by atoms with Crippen molar-refractivity contribution in [2.45, 2.75) is 38.1 Å². The Morgan fingerprint density at radius 3 is 2.58 bits per heavy atom. The number of hydrogen-bond donors (Lipinski definition) is 4. The Balaban J connectivity index is 1.69. The number of anilines is 1. The first-order valence-corrected chi connectivity index (χ1v) is 7.93. The Labute approximate surface area is 138 Å². The van der Waals surface area contributed by atoms with E-state index in [9.17, 15) is 14.4 Å². The van der Waals surface area contributed by atoms with Crippen molar-refractivity contribution in [1.82, 2.24) is 15.3 Å². The van der Waals surface area contributed by atoms with Crippen molar-refractivity contribution in [1.29, 1.82) is 0 Å². The Hall–Kier alpha value is -2.83. The molecule has 24 heavy (non-hydrogen) atoms. The number of nitrogens with two attached hydrogens (primary N) is 1. The summed E-state index contributed by atoms with van der Waals surface area (Å²) in [6, 6.07) is 8.41. The second kappa shape index (κ2) is 6.35. The summed E-state index contributed by atoms with van der Waals surface area (Å²) in [5, 5.41) is 2.86. The van der Waals surface area contributed by atoms with E-state index in [-0.39, 0.29) is 17.4 Å². The lowest BCUT2D eigenvalue weighted by atomic mass is 9.96. The molecule has 5 N–H and O–H groups in total. The van der Waals surface area contributed by atoms with Gasteiger partial charge in [-0.25, -0.2) is 4.79 Å². The number of H-pyrrole nitrogens is 2. The summed E-state index contributed by atoms with van der Waals surface area (Å²) in [6.45, 7) is 2.05. The molecule has 1 aliphatic carbocycles. The summed E-state index contributed by atoms with van der Waals surface area (Å²) in [6.07, 6.45) is 2.65. The van der Waals surface area contributed by atoms with Gasteiger partial charge in [0.15, 0.2) is 0 Å². The molecule has 0 aliphatic heterocycles. The van der Waals surface area contributed by atoms with Crippen molar-refractivity contribution in [2.24, 2.45) is 0 Å². The number of benzene rings is 1. The molecule has 2 atom stereocenters. The molecule has 126 valence electrons. The SMILES string of the molecule is Cc1ccc(C2CCC(NC(=O)c3[nH]c(=O)[nH]c(=O)c3N)C2)cc1. The molecule has 0 saturated heterocycles. The molecular formula is C17H20N4O3. The van der Waals surface area contributed by atoms with Gasteiger partial charge in [0.05, 0.1) is 0 Å². The number of carbonyl (C=O) groups excluding carboxylic acids is 1. The van der Waals surface area contributed by atoms with Crippen molar-refractivity contribution < 1.29 is 4.79 Å². The number of aromatic amines is 2. The summed E-state index contributed by atoms with van der Waals surface area (Å²) in [7, 11) is 0. The number of aromatic nitrogens is 2. The zero-order valence-corrected chi connectivity index (χ0v) is 13.4. The normalized spacial score (nSPS) is 20.0. The van der Waals surface area contributed by atoms with Crippen LogP contribution in [0.3, 0.4) is 0 Å². The van der Waals surface area contributed by atoms with Crippen molar-refractivity contribution in [2.75, 3.05) is 5.73 Å². The number of carbonyl (C=O) groups is 1. The average Bonchev–Trinajstić information content (AvgIpc) is 3.00. The fraction of sp³-hybridized carbons (Fsp3) is 0.353. The third-order valence-corrected chi connectivity index (χ3v) is 4.52. The second-order valence-corrected chi connectivity index (χ2v) is 6.29. The summed E-state index contributed by atoms with van der Waals surface area (Å²) in [5.41, 5.74) is 6.11. The molecule has 1 aromatic heterocycles. The number of amides is 1. The van der Waals surface area contributed by atoms with Gasteiger partial charge in [-0.2, -0.15) is 0 Å². The third kappa shape index (κ3) is 3.24. The number of nitrogen functional groups attached to an aromatic ring is 1. The maximum absolute atomic E-state index is 12.3. The molecule has 7 nitrogen and oxygen atoms in total. The van der Waals surface area contributed by atoms with Crippen molar-refractivity contribution in [3.8, 4) is 0 Å². The first-order valence-electron chi connectivity index (χ1n) is 7.93. The van der Waals surface area contributed by atoms with Gasteiger partial charge < -0.3 is 16.0 Å². The van der Waals surface area contributed by atoms with E-state index in [4.69, 9.17) is 5.73 Å². The fourth-order valence-corrected chi connectivity index (χ4v) is 3.19. The molecule has 1 heterocycles. The minimum Gasteiger partial charge on any atom is -0.392 e. The molecule has 7 heteroatoms. The lowest BCUT2D eigenvalue weighted by molar-refractivity contribution is 0.0933. The van der Waals surface area contributed by atoms with Crippen LogP contribution in [0.2, 0.25) is 0 Å². The standard InChI is InChI=1S/C17H20N4O3/c1-9-2-4-10(5-3-9)11-6-7-12(8-11)19-16(23)14-13(18)15(22)21-17(24)20-14/h2-5,11-12H,6-8,18H2,1H3,(H,19,23)(H2,20,21,22,24). The molecule has 1 fully saturated rings. The van der Waals surface area contributed by atoms with E-state index in [1.165, 1.54) is 11.1 Å². The number of aryl methyl sites for hydroxylation is 1. The van der Waals surface area contributed by atoms with Crippen molar-refractivity contribution in [3.63, 3.8) is 0 Å². The Kier molecular flexibility index (Phi) is 4.24. The van der Waals surface area contributed by atoms with Crippen LogP contribution in [-0.2, 0) is 0 Å². The molecule has 1 saturated carbocycles. The topological polar surface area (TPSA) is 121 Å². The molecule has 1 aromatic carbocycles. The van der Waals surface area contributed by atoms with Crippen LogP contribution in [0.1, 0.15) is 46.8 Å². The monoisotopic (exact) mass is 328 g/mol. The van der Waals surface area contributed by atoms with Gasteiger partial charge in [-0.1, -0.05) is 29.8 Å². The van der Waals surface area contributed by atoms with Gasteiger partial charge in [0.25, 0.3) is 11.5 Å². The molecule has 2 aromatic rings. The van der Waals surface area contributed by atoms with Crippen LogP contribution in [0.5, 0.6) is 0 Å². The molecule has 0 spiro atoms. The van der Waals surface area contributed by atoms with E-state index in [0.29, 0.717) is 5.92 Å². The van der Waals surface area contributed by atoms with Crippen molar-refractivity contribution in [3.05, 3.63) is 61.9 Å². The summed E-state index contributed by atoms with van der Waals surface area (Å²) in [5.74, 6) is -0.128. The van der Waals surface area contributed by atoms with Crippen molar-refractivity contribution >= 4 is 11.6 Å². The molecule has 1 amide bonds. The van der Waals surface area contributed by atoms with Gasteiger partial charge >= 0.3 is 5.69 Å². The summed E-state index contributed by atoms with van der Waals surface area (Å²) < 4.78 is 0. The lowest BCUT2D eigenvalue weighted by Crippen LogP contribution is -2.37. The van der Waals surface area contributed by atoms with Gasteiger partial charge in [0.2, 0.25) is 0 Å². The molecule has 1 aliphatic rings. The summed E-state index contributed by atoms with van der Waals surface area (Å²) >= 11 is 0. The average molecular weight is 328 g/mol. The Bertz CT molecular complexity index is 867. The largest absolute Gasteiger partial charge is 0.392 e. The first-order chi connectivity index (χ1) is 11.4. The second-order valence-electron chi connectivity index (χ2n) is 6.29. The highest BCUT2D eigenvalue weighted by molar-refractivity contribution is 5.96. The number of nitrogens with one attached hydrogen (secondary N) is 3. The van der Waals surface area contributed by atoms with Crippen LogP contribution in [0.4, 0.5) is 5.69 Å². The van der Waals surface area contributed by atoms with Crippen LogP contribution >= 0.6 is 0 Å². The van der Waals surface area contributed by atoms with Crippen LogP contribution in [0, 0.1) is 6.92 Å². The maximum atomic E-state index is 12.3. The Morgan fingerprint density at radius 2 is 1.88 bits per heavy atom. The van der Waals surface area contributed by atoms with Crippen LogP contribution in [0.15, 0.2) is 33.9 Å². The first kappa shape index (κ1) is 16.0. The predicted octanol–water partition coefficient (Wildman–Crippen LogP) is 1.02. The quantitative estimate of drug-likeness (QED) is 0.672. The van der Waals surface area contributed by atoms with E-state index >= 15 is 0 Å². The minimum atomic E-state index is -0.757. The zero-order chi connectivity index (χ0) is 17.3. The van der Waals surface area contributed by atoms with Crippen LogP contribution in [0.25, 0.3) is 0 Å². The molecule has 2 unspecified atom stereocenters. The number of hydrogen-bond acceptors (Lipinski definition) is 4. The van der Waals surface area contributed by atoms with E-state index in [2.05, 4.69) is 34.6 Å². The predicted molar refractivity (Wildman–Crippen MR) is 91.1 cm³/mol. The van der Waals surface area contributed by atoms with Gasteiger partial charge in [-0.15, -0.1) is 0 Å². The molecule has 3 rings (SSSR count). The van der Waals surface area contributed by atoms with Gasteiger partial charge in [-0.3, -0.25) is 14.6 Å². The summed E-state index contributed by atoms with van der Waals surface area (Å²) in [4.78, 5) is 39.4. The maximum Gasteiger partial charge on any atom is 0.326 e. The smallest absolute Gasteiger partial charge is 0.326 e. The highest BCUT2D eigenvalue weighted by Crippen LogP contribution is 2.34. The van der Waals surface area contributed by atoms with Gasteiger partial charge in [0, 0.05) is 6.04 Å². The lowest BCUT2D eigenvalue weighted by Gasteiger charge is -2.14. The minimum absolute atomic E-state index is 0.00834. The molecule has 0 bridgehead atoms. The van der Waals surface area contributed by atoms with E-state index < -0.39 is 17.2 Å². The highest BCUT2D eigenvalue weighted by Gasteiger charge is 2.28. The van der Waals surface area contributed by atoms with E-state index in [1.54, 1.807) is 0 Å². The molecular weight excluding hydrogens is 308 g/mol. The van der Waals surface area contributed by atoms with Crippen LogP contribution in [-0.4, -0.2) is 21.9 Å². The highest BCUT2D eigenvalue weighted by atomic mass is 16.2. The van der Waals surface area contributed by atoms with E-state index in [1.807, 2.05) is 11.9 Å². The molecule has 0 radical (unpaired) electrons. The van der Waals surface area contributed by atoms with Gasteiger partial charge in [0.1, 0.15) is 11.4 Å². The Morgan fingerprint density at radius 1 is 1.17 bits per heavy atom. The van der Waals surface area contributed by atoms with Crippen LogP contribution < -0.4 is 22.3 Å². The van der Waals surface area contributed by atoms with Gasteiger partial charge in [-0.05, 0) is 37.7 Å².